The van der Waals surface area contributed by atoms with E-state index in [9.17, 15) is 4.79 Å². The quantitative estimate of drug-likeness (QED) is 0.909. The van der Waals surface area contributed by atoms with Crippen LogP contribution in [0.2, 0.25) is 0 Å². The van der Waals surface area contributed by atoms with Crippen molar-refractivity contribution in [2.75, 3.05) is 20.2 Å². The molecule has 0 bridgehead atoms. The summed E-state index contributed by atoms with van der Waals surface area (Å²) in [6.07, 6.45) is 7.05. The van der Waals surface area contributed by atoms with Gasteiger partial charge in [0.25, 0.3) is 5.91 Å². The Morgan fingerprint density at radius 1 is 1.19 bits per heavy atom. The van der Waals surface area contributed by atoms with Crippen LogP contribution in [0, 0.1) is 6.92 Å². The van der Waals surface area contributed by atoms with Gasteiger partial charge in [0.05, 0.1) is 7.11 Å². The molecule has 0 unspecified atom stereocenters. The molecule has 1 aromatic heterocycles. The molecule has 6 nitrogen and oxygen atoms in total. The Bertz CT molecular complexity index is 804. The first-order chi connectivity index (χ1) is 12.7. The first-order valence-corrected chi connectivity index (χ1v) is 9.58. The zero-order valence-electron chi connectivity index (χ0n) is 15.5. The van der Waals surface area contributed by atoms with E-state index in [-0.39, 0.29) is 5.91 Å². The molecule has 4 rings (SSSR count). The van der Waals surface area contributed by atoms with Gasteiger partial charge in [0.1, 0.15) is 0 Å². The zero-order valence-corrected chi connectivity index (χ0v) is 15.5. The van der Waals surface area contributed by atoms with Crippen LogP contribution in [0.4, 0.5) is 0 Å². The summed E-state index contributed by atoms with van der Waals surface area (Å²) in [5.74, 6) is 1.35. The van der Waals surface area contributed by atoms with E-state index in [1.807, 2.05) is 17.9 Å². The third-order valence-corrected chi connectivity index (χ3v) is 5.72. The van der Waals surface area contributed by atoms with Crippen LogP contribution < -0.4 is 4.74 Å². The lowest BCUT2D eigenvalue weighted by Gasteiger charge is -2.30. The fraction of sp³-hybridized carbons (Fsp3) is 0.550. The summed E-state index contributed by atoms with van der Waals surface area (Å²) < 4.78 is 5.12. The molecule has 0 atom stereocenters. The molecule has 2 aliphatic rings. The Balaban J connectivity index is 1.75. The van der Waals surface area contributed by atoms with Gasteiger partial charge in [0, 0.05) is 24.2 Å². The van der Waals surface area contributed by atoms with Crippen molar-refractivity contribution in [1.29, 1.82) is 0 Å². The number of carbonyl (C=O) groups excluding carboxylic acids is 1. The largest absolute Gasteiger partial charge is 0.466 e. The molecule has 1 aliphatic heterocycles. The first kappa shape index (κ1) is 17.1. The molecule has 0 spiro atoms. The zero-order chi connectivity index (χ0) is 18.1. The number of carbonyl (C=O) groups is 1. The summed E-state index contributed by atoms with van der Waals surface area (Å²) in [5, 5.41) is 7.06. The number of amides is 1. The molecule has 1 saturated heterocycles. The number of methoxy groups -OCH3 is 1. The number of hydrogen-bond acceptors (Lipinski definition) is 4. The lowest BCUT2D eigenvalue weighted by atomic mass is 9.77. The molecule has 1 saturated carbocycles. The Morgan fingerprint density at radius 3 is 2.58 bits per heavy atom. The van der Waals surface area contributed by atoms with Crippen LogP contribution in [0.15, 0.2) is 12.1 Å². The van der Waals surface area contributed by atoms with E-state index in [4.69, 9.17) is 4.74 Å². The normalized spacial score (nSPS) is 17.8. The Hall–Kier alpha value is -2.37. The minimum absolute atomic E-state index is 0.134. The van der Waals surface area contributed by atoms with E-state index in [1.165, 1.54) is 31.2 Å². The topological polar surface area (TPSA) is 71.1 Å². The number of aromatic nitrogens is 3. The van der Waals surface area contributed by atoms with Crippen molar-refractivity contribution in [3.8, 4) is 17.4 Å². The van der Waals surface area contributed by atoms with Crippen molar-refractivity contribution >= 4 is 5.91 Å². The molecule has 2 heterocycles. The molecular formula is C20H26N4O2. The number of aromatic amines is 1. The number of benzene rings is 1. The molecule has 1 aliphatic carbocycles. The molecule has 1 N–H and O–H groups in total. The molecule has 2 fully saturated rings. The van der Waals surface area contributed by atoms with Gasteiger partial charge in [0.15, 0.2) is 5.82 Å². The number of likely N-dealkylation sites (tertiary alicyclic amines) is 1. The summed E-state index contributed by atoms with van der Waals surface area (Å²) in [5.41, 5.74) is 4.08. The van der Waals surface area contributed by atoms with Crippen molar-refractivity contribution in [3.05, 3.63) is 28.8 Å². The number of ether oxygens (including phenoxy) is 1. The van der Waals surface area contributed by atoms with Crippen LogP contribution >= 0.6 is 0 Å². The van der Waals surface area contributed by atoms with Crippen molar-refractivity contribution in [2.24, 2.45) is 0 Å². The van der Waals surface area contributed by atoms with Gasteiger partial charge in [-0.1, -0.05) is 12.5 Å². The van der Waals surface area contributed by atoms with Crippen molar-refractivity contribution < 1.29 is 9.53 Å². The van der Waals surface area contributed by atoms with E-state index in [0.717, 1.165) is 42.6 Å². The van der Waals surface area contributed by atoms with Crippen molar-refractivity contribution in [3.63, 3.8) is 0 Å². The van der Waals surface area contributed by atoms with Crippen LogP contribution in [0.3, 0.4) is 0 Å². The van der Waals surface area contributed by atoms with Crippen molar-refractivity contribution in [2.45, 2.75) is 51.4 Å². The van der Waals surface area contributed by atoms with E-state index < -0.39 is 0 Å². The number of piperidine rings is 1. The van der Waals surface area contributed by atoms with Gasteiger partial charge in [-0.2, -0.15) is 4.98 Å². The van der Waals surface area contributed by atoms with E-state index in [0.29, 0.717) is 17.8 Å². The molecule has 2 aromatic rings. The third kappa shape index (κ3) is 3.08. The average Bonchev–Trinajstić information content (AvgIpc) is 3.10. The second kappa shape index (κ2) is 7.09. The van der Waals surface area contributed by atoms with Gasteiger partial charge in [-0.15, -0.1) is 5.10 Å². The number of nitrogens with one attached hydrogen (secondary N) is 1. The van der Waals surface area contributed by atoms with Gasteiger partial charge in [-0.3, -0.25) is 9.89 Å². The predicted molar refractivity (Wildman–Crippen MR) is 99.5 cm³/mol. The summed E-state index contributed by atoms with van der Waals surface area (Å²) >= 11 is 0. The second-order valence-corrected chi connectivity index (χ2v) is 7.41. The second-order valence-electron chi connectivity index (χ2n) is 7.41. The van der Waals surface area contributed by atoms with Crippen LogP contribution in [0.1, 0.15) is 65.9 Å². The monoisotopic (exact) mass is 354 g/mol. The standard InChI is InChI=1S/C20H26N4O2/c1-13-11-16(14-7-6-8-14)17(18-21-20(26-2)23-22-18)12-15(13)19(25)24-9-4-3-5-10-24/h11-12,14H,3-10H2,1-2H3,(H,21,22,23). The highest BCUT2D eigenvalue weighted by Gasteiger charge is 2.27. The Labute approximate surface area is 154 Å². The first-order valence-electron chi connectivity index (χ1n) is 9.58. The predicted octanol–water partition coefficient (Wildman–Crippen LogP) is 3.68. The number of H-pyrrole nitrogens is 1. The maximum atomic E-state index is 13.1. The maximum absolute atomic E-state index is 13.1. The van der Waals surface area contributed by atoms with Crippen LogP contribution in [0.5, 0.6) is 6.01 Å². The smallest absolute Gasteiger partial charge is 0.335 e. The van der Waals surface area contributed by atoms with Crippen LogP contribution in [-0.2, 0) is 0 Å². The summed E-state index contributed by atoms with van der Waals surface area (Å²) in [6.45, 7) is 3.76. The highest BCUT2D eigenvalue weighted by molar-refractivity contribution is 5.97. The summed E-state index contributed by atoms with van der Waals surface area (Å²) in [4.78, 5) is 19.5. The number of nitrogens with zero attached hydrogens (tertiary/aromatic N) is 3. The molecule has 26 heavy (non-hydrogen) atoms. The lowest BCUT2D eigenvalue weighted by Crippen LogP contribution is -2.36. The fourth-order valence-corrected chi connectivity index (χ4v) is 3.95. The number of aryl methyl sites for hydroxylation is 1. The van der Waals surface area contributed by atoms with E-state index in [1.54, 1.807) is 7.11 Å². The number of rotatable bonds is 4. The summed E-state index contributed by atoms with van der Waals surface area (Å²) in [7, 11) is 1.56. The Morgan fingerprint density at radius 2 is 1.96 bits per heavy atom. The molecule has 6 heteroatoms. The van der Waals surface area contributed by atoms with Gasteiger partial charge in [0.2, 0.25) is 0 Å². The maximum Gasteiger partial charge on any atom is 0.335 e. The minimum Gasteiger partial charge on any atom is -0.466 e. The number of hydrogen-bond donors (Lipinski definition) is 1. The van der Waals surface area contributed by atoms with E-state index in [2.05, 4.69) is 21.2 Å². The van der Waals surface area contributed by atoms with Crippen LogP contribution in [-0.4, -0.2) is 46.2 Å². The van der Waals surface area contributed by atoms with Gasteiger partial charge in [-0.05, 0) is 62.1 Å². The molecular weight excluding hydrogens is 328 g/mol. The van der Waals surface area contributed by atoms with Gasteiger partial charge < -0.3 is 9.64 Å². The van der Waals surface area contributed by atoms with Gasteiger partial charge in [-0.25, -0.2) is 0 Å². The lowest BCUT2D eigenvalue weighted by molar-refractivity contribution is 0.0723. The molecule has 0 radical (unpaired) electrons. The summed E-state index contributed by atoms with van der Waals surface area (Å²) in [6, 6.07) is 4.52. The molecule has 1 aromatic carbocycles. The van der Waals surface area contributed by atoms with E-state index >= 15 is 0 Å². The molecule has 138 valence electrons. The molecule has 1 amide bonds. The van der Waals surface area contributed by atoms with Crippen molar-refractivity contribution in [1.82, 2.24) is 20.1 Å². The average molecular weight is 354 g/mol. The highest BCUT2D eigenvalue weighted by Crippen LogP contribution is 2.42. The van der Waals surface area contributed by atoms with Crippen LogP contribution in [0.25, 0.3) is 11.4 Å². The minimum atomic E-state index is 0.134. The SMILES string of the molecule is COc1n[nH]c(-c2cc(C(=O)N3CCCCC3)c(C)cc2C2CCC2)n1. The Kier molecular flexibility index (Phi) is 4.66. The fourth-order valence-electron chi connectivity index (χ4n) is 3.95. The van der Waals surface area contributed by atoms with Gasteiger partial charge >= 0.3 is 6.01 Å². The highest BCUT2D eigenvalue weighted by atomic mass is 16.5. The third-order valence-electron chi connectivity index (χ3n) is 5.72.